The van der Waals surface area contributed by atoms with E-state index in [2.05, 4.69) is 0 Å². The number of hydrogen-bond acceptors (Lipinski definition) is 3. The van der Waals surface area contributed by atoms with E-state index in [-0.39, 0.29) is 12.5 Å². The number of carbonyl (C=O) groups is 1. The van der Waals surface area contributed by atoms with Crippen LogP contribution in [0.4, 0.5) is 0 Å². The van der Waals surface area contributed by atoms with Gasteiger partial charge in [-0.15, -0.1) is 0 Å². The molecular weight excluding hydrogens is 190 g/mol. The maximum Gasteiger partial charge on any atom is 0.236 e. The third-order valence-corrected chi connectivity index (χ3v) is 4.10. The molecule has 1 aliphatic carbocycles. The molecule has 1 saturated heterocycles. The van der Waals surface area contributed by atoms with E-state index in [0.29, 0.717) is 11.3 Å². The molecule has 4 nitrogen and oxygen atoms in total. The van der Waals surface area contributed by atoms with Crippen LogP contribution in [0.15, 0.2) is 0 Å². The summed E-state index contributed by atoms with van der Waals surface area (Å²) in [5.41, 5.74) is 11.5. The van der Waals surface area contributed by atoms with Gasteiger partial charge in [-0.2, -0.15) is 0 Å². The Kier molecular flexibility index (Phi) is 2.98. The molecule has 2 atom stereocenters. The van der Waals surface area contributed by atoms with Crippen molar-refractivity contribution in [3.63, 3.8) is 0 Å². The average molecular weight is 211 g/mol. The van der Waals surface area contributed by atoms with Gasteiger partial charge in [0.1, 0.15) is 0 Å². The lowest BCUT2D eigenvalue weighted by Crippen LogP contribution is -2.35. The number of nitrogens with two attached hydrogens (primary N) is 2. The fourth-order valence-corrected chi connectivity index (χ4v) is 3.18. The first-order chi connectivity index (χ1) is 7.19. The van der Waals surface area contributed by atoms with Crippen LogP contribution in [0, 0.1) is 11.3 Å². The Balaban J connectivity index is 1.94. The molecule has 1 amide bonds. The van der Waals surface area contributed by atoms with Gasteiger partial charge in [-0.1, -0.05) is 0 Å². The maximum atomic E-state index is 11.5. The summed E-state index contributed by atoms with van der Waals surface area (Å²) >= 11 is 0. The quantitative estimate of drug-likeness (QED) is 0.671. The van der Waals surface area contributed by atoms with Crippen molar-refractivity contribution >= 4 is 5.91 Å². The summed E-state index contributed by atoms with van der Waals surface area (Å²) in [7, 11) is 0. The van der Waals surface area contributed by atoms with E-state index in [9.17, 15) is 4.79 Å². The van der Waals surface area contributed by atoms with Crippen molar-refractivity contribution in [2.75, 3.05) is 26.2 Å². The molecule has 0 bridgehead atoms. The molecule has 0 aromatic rings. The Morgan fingerprint density at radius 1 is 1.40 bits per heavy atom. The first kappa shape index (κ1) is 10.9. The minimum Gasteiger partial charge on any atom is -0.341 e. The summed E-state index contributed by atoms with van der Waals surface area (Å²) < 4.78 is 0. The molecule has 0 radical (unpaired) electrons. The maximum absolute atomic E-state index is 11.5. The van der Waals surface area contributed by atoms with E-state index in [4.69, 9.17) is 11.5 Å². The molecule has 4 heteroatoms. The molecule has 15 heavy (non-hydrogen) atoms. The monoisotopic (exact) mass is 211 g/mol. The standard InChI is InChI=1S/C11H21N3O/c12-6-9-1-2-11(5-9)3-4-14(8-11)10(15)7-13/h9H,1-8,12-13H2/t9-,11+/m0/s1. The normalized spacial score (nSPS) is 35.3. The van der Waals surface area contributed by atoms with E-state index in [1.54, 1.807) is 0 Å². The zero-order valence-electron chi connectivity index (χ0n) is 9.24. The highest BCUT2D eigenvalue weighted by Gasteiger charge is 2.44. The van der Waals surface area contributed by atoms with Gasteiger partial charge in [-0.3, -0.25) is 4.79 Å². The highest BCUT2D eigenvalue weighted by atomic mass is 16.2. The molecule has 2 aliphatic rings. The van der Waals surface area contributed by atoms with Crippen LogP contribution in [0.25, 0.3) is 0 Å². The number of carbonyl (C=O) groups excluding carboxylic acids is 1. The van der Waals surface area contributed by atoms with E-state index >= 15 is 0 Å². The van der Waals surface area contributed by atoms with Crippen LogP contribution >= 0.6 is 0 Å². The molecule has 1 spiro atoms. The number of likely N-dealkylation sites (tertiary alicyclic amines) is 1. The summed E-state index contributed by atoms with van der Waals surface area (Å²) in [5.74, 6) is 0.779. The zero-order chi connectivity index (χ0) is 10.9. The van der Waals surface area contributed by atoms with Crippen molar-refractivity contribution in [2.24, 2.45) is 22.8 Å². The molecule has 1 heterocycles. The summed E-state index contributed by atoms with van der Waals surface area (Å²) in [5, 5.41) is 0. The van der Waals surface area contributed by atoms with Gasteiger partial charge in [0, 0.05) is 13.1 Å². The molecule has 4 N–H and O–H groups in total. The van der Waals surface area contributed by atoms with Gasteiger partial charge in [0.2, 0.25) is 5.91 Å². The Bertz CT molecular complexity index is 256. The lowest BCUT2D eigenvalue weighted by Gasteiger charge is -2.24. The number of rotatable bonds is 2. The fraction of sp³-hybridized carbons (Fsp3) is 0.909. The molecule has 0 aromatic carbocycles. The summed E-state index contributed by atoms with van der Waals surface area (Å²) in [6, 6.07) is 0. The smallest absolute Gasteiger partial charge is 0.236 e. The Labute approximate surface area is 91.0 Å². The van der Waals surface area contributed by atoms with Gasteiger partial charge < -0.3 is 16.4 Å². The summed E-state index contributed by atoms with van der Waals surface area (Å²) in [6.45, 7) is 2.76. The third-order valence-electron chi connectivity index (χ3n) is 4.10. The molecule has 86 valence electrons. The summed E-state index contributed by atoms with van der Waals surface area (Å²) in [6.07, 6.45) is 4.83. The lowest BCUT2D eigenvalue weighted by molar-refractivity contribution is -0.129. The molecule has 2 fully saturated rings. The minimum atomic E-state index is 0.100. The van der Waals surface area contributed by atoms with Crippen molar-refractivity contribution in [3.8, 4) is 0 Å². The van der Waals surface area contributed by atoms with E-state index < -0.39 is 0 Å². The Hall–Kier alpha value is -0.610. The van der Waals surface area contributed by atoms with E-state index in [0.717, 1.165) is 26.1 Å². The first-order valence-electron chi connectivity index (χ1n) is 5.87. The second-order valence-electron chi connectivity index (χ2n) is 5.11. The van der Waals surface area contributed by atoms with Crippen molar-refractivity contribution in [1.82, 2.24) is 4.90 Å². The van der Waals surface area contributed by atoms with Gasteiger partial charge in [0.05, 0.1) is 6.54 Å². The van der Waals surface area contributed by atoms with Gasteiger partial charge in [0.15, 0.2) is 0 Å². The van der Waals surface area contributed by atoms with Crippen LogP contribution in [0.2, 0.25) is 0 Å². The van der Waals surface area contributed by atoms with Crippen LogP contribution in [-0.2, 0) is 4.79 Å². The fourth-order valence-electron chi connectivity index (χ4n) is 3.18. The zero-order valence-corrected chi connectivity index (χ0v) is 9.24. The third kappa shape index (κ3) is 2.01. The minimum absolute atomic E-state index is 0.100. The van der Waals surface area contributed by atoms with Crippen LogP contribution in [-0.4, -0.2) is 37.0 Å². The number of amides is 1. The van der Waals surface area contributed by atoms with Crippen molar-refractivity contribution in [2.45, 2.75) is 25.7 Å². The van der Waals surface area contributed by atoms with Gasteiger partial charge in [-0.25, -0.2) is 0 Å². The van der Waals surface area contributed by atoms with Crippen LogP contribution in [0.3, 0.4) is 0 Å². The SMILES string of the molecule is NCC(=O)N1CC[C@@]2(CC[C@H](CN)C2)C1. The van der Waals surface area contributed by atoms with Crippen LogP contribution in [0.1, 0.15) is 25.7 Å². The Morgan fingerprint density at radius 2 is 2.20 bits per heavy atom. The highest BCUT2D eigenvalue weighted by molar-refractivity contribution is 5.78. The summed E-state index contributed by atoms with van der Waals surface area (Å²) in [4.78, 5) is 13.4. The Morgan fingerprint density at radius 3 is 2.80 bits per heavy atom. The van der Waals surface area contributed by atoms with Crippen molar-refractivity contribution in [1.29, 1.82) is 0 Å². The lowest BCUT2D eigenvalue weighted by atomic mass is 9.84. The molecular formula is C11H21N3O. The van der Waals surface area contributed by atoms with Gasteiger partial charge >= 0.3 is 0 Å². The first-order valence-corrected chi connectivity index (χ1v) is 5.87. The van der Waals surface area contributed by atoms with Crippen LogP contribution in [0.5, 0.6) is 0 Å². The highest BCUT2D eigenvalue weighted by Crippen LogP contribution is 2.47. The van der Waals surface area contributed by atoms with Crippen LogP contribution < -0.4 is 11.5 Å². The van der Waals surface area contributed by atoms with Crippen molar-refractivity contribution < 1.29 is 4.79 Å². The van der Waals surface area contributed by atoms with Gasteiger partial charge in [0.25, 0.3) is 0 Å². The van der Waals surface area contributed by atoms with E-state index in [1.807, 2.05) is 4.90 Å². The topological polar surface area (TPSA) is 72.4 Å². The molecule has 2 rings (SSSR count). The van der Waals surface area contributed by atoms with Crippen molar-refractivity contribution in [3.05, 3.63) is 0 Å². The predicted octanol–water partition coefficient (Wildman–Crippen LogP) is -0.0774. The van der Waals surface area contributed by atoms with E-state index in [1.165, 1.54) is 19.3 Å². The largest absolute Gasteiger partial charge is 0.341 e. The second-order valence-corrected chi connectivity index (χ2v) is 5.11. The molecule has 0 aromatic heterocycles. The molecule has 1 aliphatic heterocycles. The number of hydrogen-bond donors (Lipinski definition) is 2. The number of nitrogens with zero attached hydrogens (tertiary/aromatic N) is 1. The predicted molar refractivity (Wildman–Crippen MR) is 59.1 cm³/mol. The molecule has 1 saturated carbocycles. The molecule has 0 unspecified atom stereocenters. The second kappa shape index (κ2) is 4.10. The van der Waals surface area contributed by atoms with Gasteiger partial charge in [-0.05, 0) is 43.6 Å². The average Bonchev–Trinajstić information content (AvgIpc) is 2.86.